The fraction of sp³-hybridized carbons (Fsp3) is 0.208. The molecule has 3 aromatic rings. The Hall–Kier alpha value is -3.16. The molecular formula is C24H24N2O4S. The molecule has 31 heavy (non-hydrogen) atoms. The molecule has 0 atom stereocenters. The molecule has 0 unspecified atom stereocenters. The first-order valence-electron chi connectivity index (χ1n) is 10.0. The van der Waals surface area contributed by atoms with E-state index in [0.29, 0.717) is 17.9 Å². The Bertz CT molecular complexity index is 1220. The number of sulfonamides is 1. The van der Waals surface area contributed by atoms with Gasteiger partial charge in [-0.1, -0.05) is 29.8 Å². The van der Waals surface area contributed by atoms with Gasteiger partial charge in [0.25, 0.3) is 5.91 Å². The number of hydrogen-bond donors (Lipinski definition) is 1. The fourth-order valence-electron chi connectivity index (χ4n) is 3.73. The zero-order chi connectivity index (χ0) is 22.0. The topological polar surface area (TPSA) is 75.7 Å². The molecule has 0 radical (unpaired) electrons. The maximum atomic E-state index is 12.9. The molecule has 1 heterocycles. The minimum atomic E-state index is -3.63. The van der Waals surface area contributed by atoms with E-state index in [1.54, 1.807) is 17.0 Å². The van der Waals surface area contributed by atoms with E-state index >= 15 is 0 Å². The van der Waals surface area contributed by atoms with Gasteiger partial charge in [-0.3, -0.25) is 4.79 Å². The number of anilines is 1. The van der Waals surface area contributed by atoms with Crippen LogP contribution in [-0.4, -0.2) is 28.0 Å². The number of carbonyl (C=O) groups excluding carboxylic acids is 1. The number of hydrogen-bond acceptors (Lipinski definition) is 4. The van der Waals surface area contributed by atoms with Crippen LogP contribution < -0.4 is 14.4 Å². The third kappa shape index (κ3) is 4.47. The van der Waals surface area contributed by atoms with Crippen LogP contribution in [-0.2, 0) is 23.0 Å². The number of aryl methyl sites for hydroxylation is 1. The first kappa shape index (κ1) is 21.1. The van der Waals surface area contributed by atoms with E-state index in [1.807, 2.05) is 49.4 Å². The van der Waals surface area contributed by atoms with Crippen molar-refractivity contribution in [1.29, 1.82) is 0 Å². The van der Waals surface area contributed by atoms with E-state index in [2.05, 4.69) is 4.72 Å². The van der Waals surface area contributed by atoms with Crippen molar-refractivity contribution in [3.8, 4) is 5.75 Å². The molecule has 1 N–H and O–H groups in total. The van der Waals surface area contributed by atoms with Gasteiger partial charge >= 0.3 is 0 Å². The summed E-state index contributed by atoms with van der Waals surface area (Å²) in [7, 11) is -2.10. The average Bonchev–Trinajstić information content (AvgIpc) is 3.20. The Kier molecular flexibility index (Phi) is 5.80. The van der Waals surface area contributed by atoms with Crippen molar-refractivity contribution >= 4 is 21.6 Å². The third-order valence-electron chi connectivity index (χ3n) is 5.39. The Morgan fingerprint density at radius 3 is 2.55 bits per heavy atom. The van der Waals surface area contributed by atoms with E-state index in [-0.39, 0.29) is 17.3 Å². The van der Waals surface area contributed by atoms with Gasteiger partial charge in [0.15, 0.2) is 0 Å². The lowest BCUT2D eigenvalue weighted by Gasteiger charge is -2.18. The Morgan fingerprint density at radius 1 is 1.06 bits per heavy atom. The van der Waals surface area contributed by atoms with Gasteiger partial charge in [0.05, 0.1) is 12.0 Å². The van der Waals surface area contributed by atoms with E-state index in [0.717, 1.165) is 28.8 Å². The quantitative estimate of drug-likeness (QED) is 0.640. The van der Waals surface area contributed by atoms with Gasteiger partial charge in [-0.05, 0) is 66.9 Å². The number of amides is 1. The van der Waals surface area contributed by atoms with E-state index in [9.17, 15) is 13.2 Å². The van der Waals surface area contributed by atoms with Crippen molar-refractivity contribution < 1.29 is 17.9 Å². The molecule has 4 rings (SSSR count). The van der Waals surface area contributed by atoms with E-state index < -0.39 is 10.0 Å². The summed E-state index contributed by atoms with van der Waals surface area (Å²) in [6, 6.07) is 19.5. The molecule has 0 spiro atoms. The first-order valence-corrected chi connectivity index (χ1v) is 11.5. The number of benzene rings is 3. The van der Waals surface area contributed by atoms with Crippen LogP contribution in [0.4, 0.5) is 5.69 Å². The number of ether oxygens (including phenoxy) is 1. The van der Waals surface area contributed by atoms with Gasteiger partial charge in [-0.2, -0.15) is 0 Å². The van der Waals surface area contributed by atoms with Crippen LogP contribution in [0.2, 0.25) is 0 Å². The summed E-state index contributed by atoms with van der Waals surface area (Å²) in [5, 5.41) is 0. The van der Waals surface area contributed by atoms with Gasteiger partial charge in [0, 0.05) is 24.3 Å². The Balaban J connectivity index is 1.47. The molecule has 3 aromatic carbocycles. The molecule has 0 aliphatic carbocycles. The van der Waals surface area contributed by atoms with Crippen molar-refractivity contribution in [2.24, 2.45) is 0 Å². The zero-order valence-electron chi connectivity index (χ0n) is 17.5. The van der Waals surface area contributed by atoms with Gasteiger partial charge in [0.1, 0.15) is 5.75 Å². The second-order valence-electron chi connectivity index (χ2n) is 7.54. The zero-order valence-corrected chi connectivity index (χ0v) is 18.3. The second-order valence-corrected chi connectivity index (χ2v) is 9.31. The van der Waals surface area contributed by atoms with Gasteiger partial charge in [-0.15, -0.1) is 0 Å². The maximum absolute atomic E-state index is 12.9. The molecule has 6 nitrogen and oxygen atoms in total. The smallest absolute Gasteiger partial charge is 0.258 e. The highest BCUT2D eigenvalue weighted by molar-refractivity contribution is 7.89. The summed E-state index contributed by atoms with van der Waals surface area (Å²) in [5.74, 6) is 0.581. The van der Waals surface area contributed by atoms with Crippen LogP contribution in [0.5, 0.6) is 5.75 Å². The average molecular weight is 437 g/mol. The monoisotopic (exact) mass is 436 g/mol. The Labute approximate surface area is 182 Å². The predicted octanol–water partition coefficient (Wildman–Crippen LogP) is 3.69. The molecule has 160 valence electrons. The lowest BCUT2D eigenvalue weighted by molar-refractivity contribution is 0.0989. The lowest BCUT2D eigenvalue weighted by atomic mass is 10.1. The molecule has 0 aromatic heterocycles. The van der Waals surface area contributed by atoms with Crippen LogP contribution in [0.25, 0.3) is 0 Å². The molecule has 0 bridgehead atoms. The van der Waals surface area contributed by atoms with Crippen LogP contribution in [0.3, 0.4) is 0 Å². The largest absolute Gasteiger partial charge is 0.497 e. The minimum absolute atomic E-state index is 0.0181. The summed E-state index contributed by atoms with van der Waals surface area (Å²) in [5.41, 5.74) is 4.49. The van der Waals surface area contributed by atoms with Crippen molar-refractivity contribution in [3.05, 3.63) is 89.0 Å². The summed E-state index contributed by atoms with van der Waals surface area (Å²) in [6.45, 7) is 2.75. The van der Waals surface area contributed by atoms with Crippen LogP contribution >= 0.6 is 0 Å². The lowest BCUT2D eigenvalue weighted by Crippen LogP contribution is -2.28. The highest BCUT2D eigenvalue weighted by Gasteiger charge is 2.26. The predicted molar refractivity (Wildman–Crippen MR) is 120 cm³/mol. The standard InChI is InChI=1S/C24H24N2O4S/c1-17-4-3-5-20(14-17)24(27)26-13-12-19-15-18(6-11-23(19)26)16-25-31(28,29)22-9-7-21(30-2)8-10-22/h3-11,14-15,25H,12-13,16H2,1-2H3. The van der Waals surface area contributed by atoms with E-state index in [1.165, 1.54) is 19.2 Å². The van der Waals surface area contributed by atoms with Crippen molar-refractivity contribution in [2.75, 3.05) is 18.6 Å². The number of methoxy groups -OCH3 is 1. The molecule has 0 saturated heterocycles. The van der Waals surface area contributed by atoms with Gasteiger partial charge in [0.2, 0.25) is 10.0 Å². The van der Waals surface area contributed by atoms with Gasteiger partial charge in [-0.25, -0.2) is 13.1 Å². The molecule has 0 saturated carbocycles. The van der Waals surface area contributed by atoms with Crippen molar-refractivity contribution in [3.63, 3.8) is 0 Å². The molecule has 1 aliphatic heterocycles. The number of carbonyl (C=O) groups is 1. The number of rotatable bonds is 6. The molecule has 7 heteroatoms. The third-order valence-corrected chi connectivity index (χ3v) is 6.80. The van der Waals surface area contributed by atoms with E-state index in [4.69, 9.17) is 4.74 Å². The number of fused-ring (bicyclic) bond motifs is 1. The van der Waals surface area contributed by atoms with Crippen molar-refractivity contribution in [1.82, 2.24) is 4.72 Å². The van der Waals surface area contributed by atoms with Crippen LogP contribution in [0.15, 0.2) is 71.6 Å². The summed E-state index contributed by atoms with van der Waals surface area (Å²) < 4.78 is 32.8. The summed E-state index contributed by atoms with van der Waals surface area (Å²) in [6.07, 6.45) is 0.742. The summed E-state index contributed by atoms with van der Waals surface area (Å²) >= 11 is 0. The van der Waals surface area contributed by atoms with Crippen LogP contribution in [0.1, 0.15) is 27.0 Å². The highest BCUT2D eigenvalue weighted by Crippen LogP contribution is 2.30. The van der Waals surface area contributed by atoms with Gasteiger partial charge < -0.3 is 9.64 Å². The molecule has 0 fully saturated rings. The highest BCUT2D eigenvalue weighted by atomic mass is 32.2. The van der Waals surface area contributed by atoms with Crippen molar-refractivity contribution in [2.45, 2.75) is 24.8 Å². The first-order chi connectivity index (χ1) is 14.9. The maximum Gasteiger partial charge on any atom is 0.258 e. The molecule has 1 amide bonds. The minimum Gasteiger partial charge on any atom is -0.497 e. The molecule has 1 aliphatic rings. The SMILES string of the molecule is COc1ccc(S(=O)(=O)NCc2ccc3c(c2)CCN3C(=O)c2cccc(C)c2)cc1. The normalized spacial score (nSPS) is 13.2. The second kappa shape index (κ2) is 8.53. The molecular weight excluding hydrogens is 412 g/mol. The number of nitrogens with one attached hydrogen (secondary N) is 1. The number of nitrogens with zero attached hydrogens (tertiary/aromatic N) is 1. The Morgan fingerprint density at radius 2 is 1.84 bits per heavy atom. The summed E-state index contributed by atoms with van der Waals surface area (Å²) in [4.78, 5) is 14.9. The fourth-order valence-corrected chi connectivity index (χ4v) is 4.74. The van der Waals surface area contributed by atoms with Crippen LogP contribution in [0, 0.1) is 6.92 Å².